The van der Waals surface area contributed by atoms with Gasteiger partial charge in [-0.1, -0.05) is 206 Å². The van der Waals surface area contributed by atoms with E-state index in [9.17, 15) is 0 Å². The van der Waals surface area contributed by atoms with Gasteiger partial charge in [0.15, 0.2) is 0 Å². The molecule has 0 heterocycles. The van der Waals surface area contributed by atoms with E-state index in [0.29, 0.717) is 0 Å². The molecule has 2 nitrogen and oxygen atoms in total. The van der Waals surface area contributed by atoms with Crippen LogP contribution in [0.15, 0.2) is 249 Å². The molecule has 12 aromatic carbocycles. The van der Waals surface area contributed by atoms with Gasteiger partial charge in [0.05, 0.1) is 17.1 Å². The van der Waals surface area contributed by atoms with E-state index in [2.05, 4.69) is 265 Å². The summed E-state index contributed by atoms with van der Waals surface area (Å²) < 4.78 is 0. The minimum absolute atomic E-state index is 0.992. The third-order valence-corrected chi connectivity index (χ3v) is 14.0. The quantitative estimate of drug-likeness (QED) is 0.140. The molecule has 320 valence electrons. The van der Waals surface area contributed by atoms with Crippen LogP contribution in [-0.4, -0.2) is 0 Å². The molecule has 1 aliphatic carbocycles. The van der Waals surface area contributed by atoms with Crippen LogP contribution in [-0.2, 0) is 6.42 Å². The molecule has 1 aliphatic rings. The Bertz CT molecular complexity index is 3830. The molecule has 0 N–H and O–H groups in total. The van der Waals surface area contributed by atoms with E-state index in [1.54, 1.807) is 0 Å². The zero-order chi connectivity index (χ0) is 45.0. The number of hydrogen-bond acceptors (Lipinski definition) is 2. The summed E-state index contributed by atoms with van der Waals surface area (Å²) in [6.45, 7) is 0. The third kappa shape index (κ3) is 6.64. The summed E-state index contributed by atoms with van der Waals surface area (Å²) in [5.74, 6) is 0. The number of benzene rings is 12. The van der Waals surface area contributed by atoms with Gasteiger partial charge in [-0.2, -0.15) is 0 Å². The van der Waals surface area contributed by atoms with Crippen molar-refractivity contribution in [3.8, 4) is 22.3 Å². The van der Waals surface area contributed by atoms with Crippen LogP contribution in [0.3, 0.4) is 0 Å². The monoisotopic (exact) mass is 866 g/mol. The Labute approximate surface area is 396 Å². The molecule has 0 amide bonds. The maximum Gasteiger partial charge on any atom is 0.0540 e. The number of rotatable bonds is 8. The predicted molar refractivity (Wildman–Crippen MR) is 292 cm³/mol. The molecule has 0 unspecified atom stereocenters. The Morgan fingerprint density at radius 2 is 0.691 bits per heavy atom. The number of fused-ring (bicyclic) bond motifs is 6. The van der Waals surface area contributed by atoms with Crippen LogP contribution in [0.2, 0.25) is 0 Å². The first kappa shape index (κ1) is 39.6. The molecule has 0 bridgehead atoms. The number of allylic oxidation sites excluding steroid dienone is 1. The van der Waals surface area contributed by atoms with Crippen molar-refractivity contribution in [2.75, 3.05) is 9.80 Å². The molecule has 0 aliphatic heterocycles. The normalized spacial score (nSPS) is 12.2. The lowest BCUT2D eigenvalue weighted by Crippen LogP contribution is -2.14. The minimum Gasteiger partial charge on any atom is -0.310 e. The van der Waals surface area contributed by atoms with Crippen LogP contribution < -0.4 is 9.80 Å². The molecular weight excluding hydrogens is 821 g/mol. The predicted octanol–water partition coefficient (Wildman–Crippen LogP) is 18.7. The summed E-state index contributed by atoms with van der Waals surface area (Å²) in [5.41, 5.74) is 14.4. The summed E-state index contributed by atoms with van der Waals surface area (Å²) in [4.78, 5) is 5.00. The van der Waals surface area contributed by atoms with Crippen LogP contribution in [0.4, 0.5) is 34.1 Å². The van der Waals surface area contributed by atoms with Gasteiger partial charge in [-0.25, -0.2) is 0 Å². The standard InChI is InChI=1S/C66H46N2/c1-3-23-49(24-4-1)65-57-41-39-52(68(63-37-17-29-47-21-9-13-33-55(47)63)64-38-18-30-48-22-10-14-34-56(48)64)44-60(57)66(50-25-5-2-6-26-50)58-42-40-51(43-59(58)65)67(61-35-15-27-45-19-7-11-31-53(45)61)62-36-16-28-46-20-8-12-32-54(46)62/h1-13,15-33,35-44H,14,34H2. The van der Waals surface area contributed by atoms with Gasteiger partial charge in [0.2, 0.25) is 0 Å². The van der Waals surface area contributed by atoms with Gasteiger partial charge in [-0.15, -0.1) is 0 Å². The Hall–Kier alpha value is -8.72. The topological polar surface area (TPSA) is 6.48 Å². The summed E-state index contributed by atoms with van der Waals surface area (Å²) >= 11 is 0. The Morgan fingerprint density at radius 1 is 0.294 bits per heavy atom. The van der Waals surface area contributed by atoms with Crippen molar-refractivity contribution in [1.82, 2.24) is 0 Å². The first-order chi connectivity index (χ1) is 33.8. The van der Waals surface area contributed by atoms with Crippen molar-refractivity contribution in [3.63, 3.8) is 0 Å². The van der Waals surface area contributed by atoms with Gasteiger partial charge in [-0.05, 0) is 132 Å². The Morgan fingerprint density at radius 3 is 1.18 bits per heavy atom. The molecule has 0 saturated heterocycles. The fraction of sp³-hybridized carbons (Fsp3) is 0.0303. The summed E-state index contributed by atoms with van der Waals surface area (Å²) in [6.07, 6.45) is 6.62. The first-order valence-electron chi connectivity index (χ1n) is 23.7. The van der Waals surface area contributed by atoms with Gasteiger partial charge in [0.25, 0.3) is 0 Å². The van der Waals surface area contributed by atoms with Crippen molar-refractivity contribution in [1.29, 1.82) is 0 Å². The van der Waals surface area contributed by atoms with Gasteiger partial charge in [0.1, 0.15) is 0 Å². The lowest BCUT2D eigenvalue weighted by molar-refractivity contribution is 0.980. The first-order valence-corrected chi connectivity index (χ1v) is 23.7. The minimum atomic E-state index is 0.992. The second-order valence-corrected chi connectivity index (χ2v) is 17.9. The molecule has 12 aromatic rings. The molecule has 2 heteroatoms. The average Bonchev–Trinajstić information content (AvgIpc) is 3.41. The van der Waals surface area contributed by atoms with Crippen molar-refractivity contribution in [2.45, 2.75) is 12.8 Å². The number of anilines is 6. The molecule has 0 radical (unpaired) electrons. The molecule has 0 spiro atoms. The molecule has 0 aromatic heterocycles. The molecular formula is C66H46N2. The number of nitrogens with zero attached hydrogens (tertiary/aromatic N) is 2. The second kappa shape index (κ2) is 16.6. The Kier molecular flexibility index (Phi) is 9.68. The summed E-state index contributed by atoms with van der Waals surface area (Å²) in [7, 11) is 0. The van der Waals surface area contributed by atoms with E-state index in [0.717, 1.165) is 35.6 Å². The van der Waals surface area contributed by atoms with Gasteiger partial charge < -0.3 is 9.80 Å². The maximum atomic E-state index is 2.52. The average molecular weight is 867 g/mol. The van der Waals surface area contributed by atoms with Crippen LogP contribution in [0.25, 0.3) is 82.2 Å². The summed E-state index contributed by atoms with van der Waals surface area (Å²) in [5, 5.41) is 12.1. The van der Waals surface area contributed by atoms with Crippen LogP contribution in [0, 0.1) is 0 Å². The van der Waals surface area contributed by atoms with Crippen LogP contribution in [0.1, 0.15) is 17.5 Å². The Balaban J connectivity index is 1.13. The maximum absolute atomic E-state index is 2.52. The van der Waals surface area contributed by atoms with E-state index in [1.165, 1.54) is 98.6 Å². The van der Waals surface area contributed by atoms with Crippen molar-refractivity contribution in [2.24, 2.45) is 0 Å². The zero-order valence-electron chi connectivity index (χ0n) is 37.6. The molecule has 0 atom stereocenters. The van der Waals surface area contributed by atoms with Crippen LogP contribution >= 0.6 is 0 Å². The van der Waals surface area contributed by atoms with E-state index in [4.69, 9.17) is 0 Å². The summed E-state index contributed by atoms with van der Waals surface area (Å²) in [6, 6.07) is 89.6. The molecule has 13 rings (SSSR count). The van der Waals surface area contributed by atoms with E-state index < -0.39 is 0 Å². The largest absolute Gasteiger partial charge is 0.310 e. The molecule has 0 saturated carbocycles. The fourth-order valence-electron chi connectivity index (χ4n) is 11.0. The van der Waals surface area contributed by atoms with Crippen molar-refractivity contribution in [3.05, 3.63) is 260 Å². The SMILES string of the molecule is C1=Cc2cccc(N(c3ccc4c(-c5ccccc5)c5cc(N(c6cccc7ccccc67)c6cccc7ccccc67)ccc5c(-c5ccccc5)c4c3)c3cccc4ccccc34)c2CC1. The van der Waals surface area contributed by atoms with Gasteiger partial charge in [-0.3, -0.25) is 0 Å². The smallest absolute Gasteiger partial charge is 0.0540 e. The van der Waals surface area contributed by atoms with Gasteiger partial charge in [0, 0.05) is 33.2 Å². The molecule has 0 fully saturated rings. The van der Waals surface area contributed by atoms with E-state index in [-0.39, 0.29) is 0 Å². The van der Waals surface area contributed by atoms with E-state index >= 15 is 0 Å². The lowest BCUT2D eigenvalue weighted by Gasteiger charge is -2.31. The fourth-order valence-corrected chi connectivity index (χ4v) is 11.0. The highest BCUT2D eigenvalue weighted by atomic mass is 15.2. The van der Waals surface area contributed by atoms with Crippen molar-refractivity contribution < 1.29 is 0 Å². The highest BCUT2D eigenvalue weighted by Crippen LogP contribution is 2.50. The number of hydrogen-bond donors (Lipinski definition) is 0. The zero-order valence-corrected chi connectivity index (χ0v) is 37.6. The van der Waals surface area contributed by atoms with Gasteiger partial charge >= 0.3 is 0 Å². The third-order valence-electron chi connectivity index (χ3n) is 14.0. The van der Waals surface area contributed by atoms with E-state index in [1.807, 2.05) is 0 Å². The lowest BCUT2D eigenvalue weighted by atomic mass is 9.85. The highest BCUT2D eigenvalue weighted by molar-refractivity contribution is 6.23. The molecule has 68 heavy (non-hydrogen) atoms. The van der Waals surface area contributed by atoms with Crippen molar-refractivity contribution >= 4 is 94.1 Å². The second-order valence-electron chi connectivity index (χ2n) is 17.9. The highest BCUT2D eigenvalue weighted by Gasteiger charge is 2.25. The van der Waals surface area contributed by atoms with Crippen LogP contribution in [0.5, 0.6) is 0 Å².